The molecule has 2 aliphatic heterocycles. The zero-order valence-electron chi connectivity index (χ0n) is 45.9. The predicted octanol–water partition coefficient (Wildman–Crippen LogP) is -14.7. The normalized spacial score (nSPS) is 18.2. The van der Waals surface area contributed by atoms with E-state index in [2.05, 4.69) is 0 Å². The van der Waals surface area contributed by atoms with Gasteiger partial charge in [0.25, 0.3) is 0 Å². The molecule has 0 aromatic carbocycles. The molecule has 80 heavy (non-hydrogen) atoms. The summed E-state index contributed by atoms with van der Waals surface area (Å²) in [5.41, 5.74) is 0. The van der Waals surface area contributed by atoms with Crippen LogP contribution in [0.2, 0.25) is 0 Å². The number of ether oxygens (including phenoxy) is 4. The van der Waals surface area contributed by atoms with Crippen molar-refractivity contribution in [3.8, 4) is 0 Å². The van der Waals surface area contributed by atoms with E-state index in [-0.39, 0.29) is 277 Å². The van der Waals surface area contributed by atoms with Gasteiger partial charge in [-0.3, -0.25) is 49.0 Å². The number of β-amino-alcohol motifs (C(OH)–C–C–N with tert-alkyl or cyclic N) is 2. The standard InChI is InChI=1S/C48H92N10O20.2Gd/c59-21-25-77-29-27-75-23-19-57(33-41(61)31-49-1-5-51(35-43(63)64)9-13-55(39-47(71)72)14-10-52(6-2-49)36-44(65)66)17-18-58(20-24-76-28-30-78-26-22-60)34-42(62)32-50-3-7-53(37-45(67)68)11-15-56(40-48(73)74)16-12-54(8-4-50)38-46(69)70;;/h41-42,59-62H,1-40H2,(H,63,64)(H,65,66)(H,67,68)(H,69,70)(H,71,72)(H,73,74);;/q;2*+3/p-6. The molecule has 0 bridgehead atoms. The first-order valence-electron chi connectivity index (χ1n) is 26.6. The number of aliphatic hydroxyl groups is 4. The molecule has 2 saturated heterocycles. The van der Waals surface area contributed by atoms with Crippen LogP contribution in [0.1, 0.15) is 0 Å². The third-order valence-electron chi connectivity index (χ3n) is 12.9. The Bertz CT molecular complexity index is 1500. The van der Waals surface area contributed by atoms with Crippen molar-refractivity contribution in [3.05, 3.63) is 0 Å². The SMILES string of the molecule is O=C([O-])CN1CCN(CC(=O)[O-])CCN(CC(O)CN(CCOCCOCCO)CCN(CCOCCOCCO)CC(O)CN2CCN(CC(=O)[O-])CCN(CC(=O)[O-])CCN(CC(=O)[O-])CC2)CCN(CC(=O)[O-])CC1.[Gd+3].[Gd+3]. The van der Waals surface area contributed by atoms with Gasteiger partial charge in [-0.1, -0.05) is 0 Å². The van der Waals surface area contributed by atoms with Crippen LogP contribution in [0.5, 0.6) is 0 Å². The second-order valence-electron chi connectivity index (χ2n) is 19.3. The monoisotopic (exact) mass is 1440 g/mol. The minimum absolute atomic E-state index is 0. The van der Waals surface area contributed by atoms with E-state index in [4.69, 9.17) is 29.2 Å². The Balaban J connectivity index is 0.0000312. The molecule has 4 N–H and O–H groups in total. The van der Waals surface area contributed by atoms with Crippen LogP contribution in [0, 0.1) is 79.9 Å². The Kier molecular flexibility index (Phi) is 48.2. The number of hydrogen-bond acceptors (Lipinski definition) is 30. The van der Waals surface area contributed by atoms with E-state index in [0.29, 0.717) is 26.2 Å². The van der Waals surface area contributed by atoms with Crippen LogP contribution in [0.4, 0.5) is 0 Å². The number of carbonyl (C=O) groups excluding carboxylic acids is 6. The first kappa shape index (κ1) is 78.7. The van der Waals surface area contributed by atoms with Gasteiger partial charge in [0, 0.05) is 196 Å². The fourth-order valence-corrected chi connectivity index (χ4v) is 8.91. The molecule has 2 aliphatic rings. The van der Waals surface area contributed by atoms with Crippen molar-refractivity contribution in [2.24, 2.45) is 0 Å². The molecule has 0 aromatic heterocycles. The summed E-state index contributed by atoms with van der Waals surface area (Å²) in [6.07, 6.45) is -2.01. The first-order valence-corrected chi connectivity index (χ1v) is 26.6. The maximum absolute atomic E-state index is 11.8. The molecule has 0 aromatic rings. The summed E-state index contributed by atoms with van der Waals surface area (Å²) >= 11 is 0. The summed E-state index contributed by atoms with van der Waals surface area (Å²) < 4.78 is 22.3. The third-order valence-corrected chi connectivity index (χ3v) is 12.9. The largest absolute Gasteiger partial charge is 3.00 e. The van der Waals surface area contributed by atoms with E-state index in [1.807, 2.05) is 19.6 Å². The van der Waals surface area contributed by atoms with Gasteiger partial charge >= 0.3 is 79.9 Å². The van der Waals surface area contributed by atoms with Gasteiger partial charge in [0.1, 0.15) is 0 Å². The molecule has 0 saturated carbocycles. The fourth-order valence-electron chi connectivity index (χ4n) is 8.91. The van der Waals surface area contributed by atoms with Gasteiger partial charge in [0.2, 0.25) is 0 Å². The number of aliphatic hydroxyl groups excluding tert-OH is 4. The fraction of sp³-hybridized carbons (Fsp3) is 0.875. The van der Waals surface area contributed by atoms with Crippen LogP contribution in [-0.2, 0) is 47.7 Å². The number of carboxylic acid groups (broad SMARTS) is 6. The zero-order valence-corrected chi connectivity index (χ0v) is 50.5. The van der Waals surface area contributed by atoms with Crippen molar-refractivity contribution in [2.75, 3.05) is 262 Å². The minimum Gasteiger partial charge on any atom is -0.549 e. The molecule has 0 amide bonds. The number of aliphatic carboxylic acids is 6. The molecule has 2 rings (SSSR count). The summed E-state index contributed by atoms with van der Waals surface area (Å²) in [5, 5.41) is 112. The van der Waals surface area contributed by atoms with Crippen LogP contribution in [-0.4, -0.2) is 380 Å². The Morgan fingerprint density at radius 2 is 0.537 bits per heavy atom. The van der Waals surface area contributed by atoms with E-state index in [1.165, 1.54) is 0 Å². The molecule has 2 radical (unpaired) electrons. The van der Waals surface area contributed by atoms with Gasteiger partial charge < -0.3 is 98.8 Å². The number of carboxylic acids is 6. The number of nitrogens with zero attached hydrogens (tertiary/aromatic N) is 10. The van der Waals surface area contributed by atoms with Crippen LogP contribution in [0.15, 0.2) is 0 Å². The van der Waals surface area contributed by atoms with Crippen molar-refractivity contribution in [1.82, 2.24) is 49.0 Å². The van der Waals surface area contributed by atoms with Crippen LogP contribution >= 0.6 is 0 Å². The maximum atomic E-state index is 11.8. The van der Waals surface area contributed by atoms with Crippen molar-refractivity contribution in [2.45, 2.75) is 12.2 Å². The second-order valence-corrected chi connectivity index (χ2v) is 19.3. The molecule has 30 nitrogen and oxygen atoms in total. The van der Waals surface area contributed by atoms with Crippen molar-refractivity contribution >= 4 is 35.8 Å². The number of hydrogen-bond donors (Lipinski definition) is 4. The number of rotatable bonds is 39. The molecule has 2 unspecified atom stereocenters. The maximum Gasteiger partial charge on any atom is 3.00 e. The molecular formula is C48H86Gd2N10O20. The van der Waals surface area contributed by atoms with Gasteiger partial charge in [-0.2, -0.15) is 0 Å². The van der Waals surface area contributed by atoms with Gasteiger partial charge in [0.15, 0.2) is 0 Å². The Labute approximate surface area is 533 Å². The van der Waals surface area contributed by atoms with Gasteiger partial charge in [-0.25, -0.2) is 0 Å². The Morgan fingerprint density at radius 1 is 0.338 bits per heavy atom. The molecule has 0 aliphatic carbocycles. The summed E-state index contributed by atoms with van der Waals surface area (Å²) in [4.78, 5) is 87.2. The van der Waals surface area contributed by atoms with Crippen LogP contribution in [0.25, 0.3) is 0 Å². The van der Waals surface area contributed by atoms with Crippen molar-refractivity contribution < 1.29 is 179 Å². The van der Waals surface area contributed by atoms with E-state index in [9.17, 15) is 69.6 Å². The van der Waals surface area contributed by atoms with E-state index < -0.39 is 87.3 Å². The Hall–Kier alpha value is -1.25. The van der Waals surface area contributed by atoms with Crippen molar-refractivity contribution in [3.63, 3.8) is 0 Å². The number of carbonyl (C=O) groups is 6. The quantitative estimate of drug-likeness (QED) is 0.0415. The summed E-state index contributed by atoms with van der Waals surface area (Å²) in [7, 11) is 0. The van der Waals surface area contributed by atoms with Crippen LogP contribution in [0.3, 0.4) is 0 Å². The van der Waals surface area contributed by atoms with E-state index >= 15 is 0 Å². The second kappa shape index (κ2) is 48.9. The summed E-state index contributed by atoms with van der Waals surface area (Å²) in [6.45, 7) is 3.50. The summed E-state index contributed by atoms with van der Waals surface area (Å²) in [6, 6.07) is 0. The Morgan fingerprint density at radius 3 is 0.738 bits per heavy atom. The molecular weight excluding hydrogens is 1350 g/mol. The molecule has 2 heterocycles. The molecule has 32 heteroatoms. The molecule has 2 atom stereocenters. The van der Waals surface area contributed by atoms with Gasteiger partial charge in [-0.15, -0.1) is 0 Å². The molecule has 0 spiro atoms. The van der Waals surface area contributed by atoms with Gasteiger partial charge in [-0.05, 0) is 0 Å². The average Bonchev–Trinajstić information content (AvgIpc) is 3.35. The minimum atomic E-state index is -1.34. The topological polar surface area (TPSA) is 391 Å². The zero-order chi connectivity index (χ0) is 57.5. The molecule has 464 valence electrons. The van der Waals surface area contributed by atoms with E-state index in [1.54, 1.807) is 29.4 Å². The molecule has 2 fully saturated rings. The van der Waals surface area contributed by atoms with Gasteiger partial charge in [0.05, 0.1) is 114 Å². The predicted molar refractivity (Wildman–Crippen MR) is 264 cm³/mol. The average molecular weight is 1440 g/mol. The summed E-state index contributed by atoms with van der Waals surface area (Å²) in [5.74, 6) is -8.00. The smallest absolute Gasteiger partial charge is 0.549 e. The van der Waals surface area contributed by atoms with Crippen LogP contribution < -0.4 is 30.6 Å². The first-order chi connectivity index (χ1) is 37.3. The van der Waals surface area contributed by atoms with Crippen molar-refractivity contribution in [1.29, 1.82) is 0 Å². The van der Waals surface area contributed by atoms with E-state index in [0.717, 1.165) is 0 Å². The third kappa shape index (κ3) is 42.5.